The largest absolute Gasteiger partial charge is 0.433 e. The molecular formula is C24H21ClF4N4O3S. The molecule has 0 aliphatic heterocycles. The molecule has 2 heterocycles. The number of fused-ring (bicyclic) bond motifs is 1. The number of nitrogens with one attached hydrogen (secondary N) is 1. The van der Waals surface area contributed by atoms with Crippen molar-refractivity contribution in [3.63, 3.8) is 0 Å². The fourth-order valence-electron chi connectivity index (χ4n) is 5.41. The molecule has 3 unspecified atom stereocenters. The van der Waals surface area contributed by atoms with Crippen molar-refractivity contribution in [2.45, 2.75) is 42.1 Å². The summed E-state index contributed by atoms with van der Waals surface area (Å²) in [5.41, 5.74) is -0.404. The lowest BCUT2D eigenvalue weighted by Gasteiger charge is -2.47. The van der Waals surface area contributed by atoms with Crippen LogP contribution in [0.3, 0.4) is 0 Å². The molecule has 1 N–H and O–H groups in total. The monoisotopic (exact) mass is 556 g/mol. The Morgan fingerprint density at radius 2 is 1.81 bits per heavy atom. The SMILES string of the molecule is O=C(NCc1cn(-c2ccc(C(F)(F)F)nc2)nc1Cl)C1C2CCCC2[C@H]1S(=O)(=O)c1ccc(F)cc1. The van der Waals surface area contributed by atoms with E-state index in [0.29, 0.717) is 12.0 Å². The molecule has 2 saturated carbocycles. The van der Waals surface area contributed by atoms with Gasteiger partial charge in [0.05, 0.1) is 27.9 Å². The number of pyridine rings is 1. The molecule has 37 heavy (non-hydrogen) atoms. The zero-order valence-electron chi connectivity index (χ0n) is 19.1. The summed E-state index contributed by atoms with van der Waals surface area (Å²) in [7, 11) is -3.86. The molecule has 5 rings (SSSR count). The van der Waals surface area contributed by atoms with Crippen molar-refractivity contribution in [1.82, 2.24) is 20.1 Å². The summed E-state index contributed by atoms with van der Waals surface area (Å²) in [5, 5.41) is 5.94. The van der Waals surface area contributed by atoms with Gasteiger partial charge in [0, 0.05) is 18.3 Å². The van der Waals surface area contributed by atoms with Crippen LogP contribution in [0.15, 0.2) is 53.7 Å². The van der Waals surface area contributed by atoms with E-state index in [9.17, 15) is 30.8 Å². The molecule has 1 amide bonds. The molecule has 13 heteroatoms. The third-order valence-corrected chi connectivity index (χ3v) is 9.77. The van der Waals surface area contributed by atoms with Crippen LogP contribution in [0, 0.1) is 23.6 Å². The van der Waals surface area contributed by atoms with Gasteiger partial charge in [-0.05, 0) is 61.1 Å². The van der Waals surface area contributed by atoms with Gasteiger partial charge in [-0.3, -0.25) is 4.79 Å². The van der Waals surface area contributed by atoms with Gasteiger partial charge in [0.1, 0.15) is 11.5 Å². The highest BCUT2D eigenvalue weighted by molar-refractivity contribution is 7.92. The number of halogens is 5. The minimum Gasteiger partial charge on any atom is -0.352 e. The lowest BCUT2D eigenvalue weighted by atomic mass is 9.65. The molecule has 7 nitrogen and oxygen atoms in total. The molecule has 4 atom stereocenters. The first-order valence-corrected chi connectivity index (χ1v) is 13.4. The second kappa shape index (κ2) is 9.39. The number of aromatic nitrogens is 3. The number of amides is 1. The number of benzene rings is 1. The van der Waals surface area contributed by atoms with Crippen LogP contribution in [0.1, 0.15) is 30.5 Å². The van der Waals surface area contributed by atoms with Crippen LogP contribution < -0.4 is 5.32 Å². The molecule has 0 saturated heterocycles. The molecular weight excluding hydrogens is 536 g/mol. The highest BCUT2D eigenvalue weighted by atomic mass is 35.5. The van der Waals surface area contributed by atoms with Crippen molar-refractivity contribution in [2.75, 3.05) is 0 Å². The number of hydrogen-bond donors (Lipinski definition) is 1. The third-order valence-electron chi connectivity index (χ3n) is 7.16. The van der Waals surface area contributed by atoms with Gasteiger partial charge in [0.2, 0.25) is 5.91 Å². The van der Waals surface area contributed by atoms with E-state index in [1.54, 1.807) is 0 Å². The summed E-state index contributed by atoms with van der Waals surface area (Å²) in [5.74, 6) is -1.93. The number of carbonyl (C=O) groups excluding carboxylic acids is 1. The summed E-state index contributed by atoms with van der Waals surface area (Å²) in [6, 6.07) is 6.61. The van der Waals surface area contributed by atoms with Crippen LogP contribution in [-0.2, 0) is 27.4 Å². The summed E-state index contributed by atoms with van der Waals surface area (Å²) >= 11 is 6.18. The average molecular weight is 557 g/mol. The van der Waals surface area contributed by atoms with E-state index in [1.807, 2.05) is 0 Å². The summed E-state index contributed by atoms with van der Waals surface area (Å²) in [4.78, 5) is 16.6. The smallest absolute Gasteiger partial charge is 0.352 e. The molecule has 2 aromatic heterocycles. The van der Waals surface area contributed by atoms with Gasteiger partial charge in [0.25, 0.3) is 0 Å². The zero-order valence-corrected chi connectivity index (χ0v) is 20.7. The maximum absolute atomic E-state index is 13.3. The van der Waals surface area contributed by atoms with E-state index in [1.165, 1.54) is 29.1 Å². The Bertz CT molecular complexity index is 1430. The average Bonchev–Trinajstić information content (AvgIpc) is 3.40. The lowest BCUT2D eigenvalue weighted by molar-refractivity contribution is -0.141. The number of rotatable bonds is 6. The van der Waals surface area contributed by atoms with E-state index in [2.05, 4.69) is 15.4 Å². The maximum Gasteiger partial charge on any atom is 0.433 e. The van der Waals surface area contributed by atoms with Crippen LogP contribution in [-0.4, -0.2) is 34.3 Å². The number of carbonyl (C=O) groups is 1. The van der Waals surface area contributed by atoms with Gasteiger partial charge in [0.15, 0.2) is 15.0 Å². The first-order valence-electron chi connectivity index (χ1n) is 11.5. The Balaban J connectivity index is 1.31. The van der Waals surface area contributed by atoms with Crippen LogP contribution in [0.25, 0.3) is 5.69 Å². The van der Waals surface area contributed by atoms with E-state index in [4.69, 9.17) is 11.6 Å². The van der Waals surface area contributed by atoms with Crippen molar-refractivity contribution in [3.05, 3.63) is 71.0 Å². The Kier molecular flexibility index (Phi) is 6.51. The van der Waals surface area contributed by atoms with E-state index >= 15 is 0 Å². The minimum atomic E-state index is -4.57. The first-order chi connectivity index (χ1) is 17.5. The van der Waals surface area contributed by atoms with E-state index in [0.717, 1.165) is 37.2 Å². The second-order valence-corrected chi connectivity index (χ2v) is 11.7. The van der Waals surface area contributed by atoms with Crippen molar-refractivity contribution < 1.29 is 30.8 Å². The van der Waals surface area contributed by atoms with Gasteiger partial charge in [-0.1, -0.05) is 18.0 Å². The van der Waals surface area contributed by atoms with E-state index in [-0.39, 0.29) is 34.1 Å². The van der Waals surface area contributed by atoms with Crippen LogP contribution >= 0.6 is 11.6 Å². The Labute approximate surface area is 214 Å². The molecule has 0 spiro atoms. The maximum atomic E-state index is 13.3. The van der Waals surface area contributed by atoms with Gasteiger partial charge in [-0.25, -0.2) is 22.5 Å². The van der Waals surface area contributed by atoms with Gasteiger partial charge in [-0.15, -0.1) is 0 Å². The topological polar surface area (TPSA) is 93.9 Å². The zero-order chi connectivity index (χ0) is 26.5. The predicted molar refractivity (Wildman–Crippen MR) is 125 cm³/mol. The van der Waals surface area contributed by atoms with Crippen LogP contribution in [0.5, 0.6) is 0 Å². The second-order valence-electron chi connectivity index (χ2n) is 9.25. The highest BCUT2D eigenvalue weighted by Gasteiger charge is 2.60. The molecule has 2 aliphatic carbocycles. The predicted octanol–water partition coefficient (Wildman–Crippen LogP) is 4.58. The molecule has 0 bridgehead atoms. The van der Waals surface area contributed by atoms with Gasteiger partial charge < -0.3 is 5.32 Å². The Morgan fingerprint density at radius 3 is 2.46 bits per heavy atom. The molecule has 196 valence electrons. The Morgan fingerprint density at radius 1 is 1.11 bits per heavy atom. The number of hydrogen-bond acceptors (Lipinski definition) is 5. The van der Waals surface area contributed by atoms with Gasteiger partial charge >= 0.3 is 6.18 Å². The fraction of sp³-hybridized carbons (Fsp3) is 0.375. The number of alkyl halides is 3. The summed E-state index contributed by atoms with van der Waals surface area (Å²) in [6.45, 7) is -0.0526. The number of sulfone groups is 1. The van der Waals surface area contributed by atoms with Crippen LogP contribution in [0.4, 0.5) is 17.6 Å². The Hall–Kier alpha value is -2.99. The molecule has 2 aliphatic rings. The quantitative estimate of drug-likeness (QED) is 0.354. The fourth-order valence-corrected chi connectivity index (χ4v) is 7.95. The van der Waals surface area contributed by atoms with Crippen LogP contribution in [0.2, 0.25) is 5.15 Å². The normalized spacial score (nSPS) is 23.4. The molecule has 2 fully saturated rings. The van der Waals surface area contributed by atoms with Crippen molar-refractivity contribution in [1.29, 1.82) is 0 Å². The van der Waals surface area contributed by atoms with E-state index < -0.39 is 44.6 Å². The first kappa shape index (κ1) is 25.7. The molecule has 1 aromatic carbocycles. The van der Waals surface area contributed by atoms with Crippen molar-refractivity contribution in [3.8, 4) is 5.69 Å². The summed E-state index contributed by atoms with van der Waals surface area (Å²) in [6.07, 6.45) is 0.176. The van der Waals surface area contributed by atoms with Gasteiger partial charge in [-0.2, -0.15) is 18.3 Å². The minimum absolute atomic E-state index is 0.0171. The van der Waals surface area contributed by atoms with Crippen molar-refractivity contribution >= 4 is 27.3 Å². The summed E-state index contributed by atoms with van der Waals surface area (Å²) < 4.78 is 79.6. The molecule has 0 radical (unpaired) electrons. The third kappa shape index (κ3) is 4.72. The highest BCUT2D eigenvalue weighted by Crippen LogP contribution is 2.55. The number of nitrogens with zero attached hydrogens (tertiary/aromatic N) is 3. The lowest BCUT2D eigenvalue weighted by Crippen LogP contribution is -2.58. The standard InChI is InChI=1S/C24H21ClF4N4O3S/c25-22-13(12-33(32-22)15-6-9-19(30-11-15)24(27,28)29)10-31-23(34)20-17-2-1-3-18(17)21(20)37(35,36)16-7-4-14(26)5-8-16/h4-9,11-12,17-18,20-21H,1-3,10H2,(H,31,34)/t17?,18?,20?,21-/m1/s1. The molecule has 3 aromatic rings. The van der Waals surface area contributed by atoms with Crippen molar-refractivity contribution in [2.24, 2.45) is 17.8 Å².